The number of furan rings is 1. The molecular formula is C14H24N2O. The Morgan fingerprint density at radius 1 is 1.35 bits per heavy atom. The number of rotatable bonds is 5. The maximum atomic E-state index is 6.01. The van der Waals surface area contributed by atoms with Crippen molar-refractivity contribution in [3.63, 3.8) is 0 Å². The van der Waals surface area contributed by atoms with Crippen LogP contribution in [0.25, 0.3) is 0 Å². The van der Waals surface area contributed by atoms with Crippen molar-refractivity contribution in [2.45, 2.75) is 38.6 Å². The normalized spacial score (nSPS) is 19.7. The first-order valence-electron chi connectivity index (χ1n) is 6.65. The summed E-state index contributed by atoms with van der Waals surface area (Å²) in [5.41, 5.74) is 6.36. The number of nitrogens with zero attached hydrogens (tertiary/aromatic N) is 1. The zero-order valence-electron chi connectivity index (χ0n) is 10.8. The summed E-state index contributed by atoms with van der Waals surface area (Å²) in [5, 5.41) is 0. The van der Waals surface area contributed by atoms with Crippen LogP contribution in [0.15, 0.2) is 22.8 Å². The van der Waals surface area contributed by atoms with E-state index in [9.17, 15) is 0 Å². The Bertz CT molecular complexity index is 315. The summed E-state index contributed by atoms with van der Waals surface area (Å²) in [6.45, 7) is 2.79. The van der Waals surface area contributed by atoms with Gasteiger partial charge >= 0.3 is 0 Å². The van der Waals surface area contributed by atoms with Gasteiger partial charge in [0, 0.05) is 6.54 Å². The van der Waals surface area contributed by atoms with E-state index in [1.54, 1.807) is 6.26 Å². The van der Waals surface area contributed by atoms with Crippen LogP contribution in [0.3, 0.4) is 0 Å². The molecule has 0 atom stereocenters. The van der Waals surface area contributed by atoms with Crippen molar-refractivity contribution in [2.24, 2.45) is 11.1 Å². The minimum Gasteiger partial charge on any atom is -0.468 e. The van der Waals surface area contributed by atoms with Crippen LogP contribution in [0, 0.1) is 5.41 Å². The van der Waals surface area contributed by atoms with Gasteiger partial charge < -0.3 is 10.2 Å². The second kappa shape index (κ2) is 5.69. The van der Waals surface area contributed by atoms with Crippen LogP contribution in [0.2, 0.25) is 0 Å². The van der Waals surface area contributed by atoms with Gasteiger partial charge in [-0.2, -0.15) is 0 Å². The third-order valence-electron chi connectivity index (χ3n) is 3.96. The van der Waals surface area contributed by atoms with E-state index >= 15 is 0 Å². The molecule has 1 aliphatic carbocycles. The molecule has 0 unspecified atom stereocenters. The molecule has 3 nitrogen and oxygen atoms in total. The zero-order valence-corrected chi connectivity index (χ0v) is 10.8. The molecule has 1 fully saturated rings. The van der Waals surface area contributed by atoms with Crippen molar-refractivity contribution in [3.05, 3.63) is 24.2 Å². The van der Waals surface area contributed by atoms with Crippen molar-refractivity contribution in [1.29, 1.82) is 0 Å². The lowest BCUT2D eigenvalue weighted by Crippen LogP contribution is -2.42. The van der Waals surface area contributed by atoms with E-state index in [1.165, 1.54) is 32.1 Å². The standard InChI is InChI=1S/C14H24N2O/c1-16(10-13-6-5-9-17-13)12-14(11-15)7-3-2-4-8-14/h5-6,9H,2-4,7-8,10-12,15H2,1H3. The minimum atomic E-state index is 0.347. The van der Waals surface area contributed by atoms with Gasteiger partial charge in [0.2, 0.25) is 0 Å². The highest BCUT2D eigenvalue weighted by atomic mass is 16.3. The van der Waals surface area contributed by atoms with E-state index in [0.717, 1.165) is 25.4 Å². The highest BCUT2D eigenvalue weighted by Gasteiger charge is 2.31. The van der Waals surface area contributed by atoms with Crippen molar-refractivity contribution in [1.82, 2.24) is 4.90 Å². The SMILES string of the molecule is CN(Cc1ccco1)CC1(CN)CCCCC1. The molecule has 0 aliphatic heterocycles. The average Bonchev–Trinajstić information content (AvgIpc) is 2.83. The molecule has 0 bridgehead atoms. The molecule has 0 aromatic carbocycles. The fraction of sp³-hybridized carbons (Fsp3) is 0.714. The average molecular weight is 236 g/mol. The van der Waals surface area contributed by atoms with E-state index in [0.29, 0.717) is 5.41 Å². The topological polar surface area (TPSA) is 42.4 Å². The fourth-order valence-electron chi connectivity index (χ4n) is 3.03. The molecule has 0 radical (unpaired) electrons. The van der Waals surface area contributed by atoms with E-state index in [-0.39, 0.29) is 0 Å². The largest absolute Gasteiger partial charge is 0.468 e. The number of hydrogen-bond acceptors (Lipinski definition) is 3. The Hall–Kier alpha value is -0.800. The third-order valence-corrected chi connectivity index (χ3v) is 3.96. The lowest BCUT2D eigenvalue weighted by molar-refractivity contribution is 0.120. The Labute approximate surface area is 104 Å². The molecule has 2 rings (SSSR count). The maximum absolute atomic E-state index is 6.01. The third kappa shape index (κ3) is 3.33. The smallest absolute Gasteiger partial charge is 0.117 e. The highest BCUT2D eigenvalue weighted by Crippen LogP contribution is 2.36. The maximum Gasteiger partial charge on any atom is 0.117 e. The summed E-state index contributed by atoms with van der Waals surface area (Å²) in [4.78, 5) is 2.34. The van der Waals surface area contributed by atoms with Crippen LogP contribution in [0.1, 0.15) is 37.9 Å². The van der Waals surface area contributed by atoms with Gasteiger partial charge in [-0.05, 0) is 44.0 Å². The predicted molar refractivity (Wildman–Crippen MR) is 69.6 cm³/mol. The molecule has 0 spiro atoms. The van der Waals surface area contributed by atoms with Gasteiger partial charge in [0.05, 0.1) is 12.8 Å². The number of nitrogens with two attached hydrogens (primary N) is 1. The van der Waals surface area contributed by atoms with Gasteiger partial charge in [0.25, 0.3) is 0 Å². The van der Waals surface area contributed by atoms with Crippen LogP contribution in [-0.2, 0) is 6.54 Å². The van der Waals surface area contributed by atoms with Gasteiger partial charge in [-0.1, -0.05) is 19.3 Å². The van der Waals surface area contributed by atoms with Crippen LogP contribution >= 0.6 is 0 Å². The molecule has 96 valence electrons. The van der Waals surface area contributed by atoms with Gasteiger partial charge in [-0.25, -0.2) is 0 Å². The summed E-state index contributed by atoms with van der Waals surface area (Å²) in [6, 6.07) is 3.98. The molecule has 1 aromatic heterocycles. The molecule has 17 heavy (non-hydrogen) atoms. The number of hydrogen-bond donors (Lipinski definition) is 1. The summed E-state index contributed by atoms with van der Waals surface area (Å²) < 4.78 is 5.39. The van der Waals surface area contributed by atoms with Crippen LogP contribution in [-0.4, -0.2) is 25.0 Å². The molecule has 1 aliphatic rings. The van der Waals surface area contributed by atoms with Gasteiger partial charge in [0.1, 0.15) is 5.76 Å². The summed E-state index contributed by atoms with van der Waals surface area (Å²) in [5.74, 6) is 1.04. The van der Waals surface area contributed by atoms with E-state index in [1.807, 2.05) is 12.1 Å². The Morgan fingerprint density at radius 3 is 2.71 bits per heavy atom. The molecule has 1 heterocycles. The van der Waals surface area contributed by atoms with Gasteiger partial charge in [-0.3, -0.25) is 4.90 Å². The van der Waals surface area contributed by atoms with E-state index in [4.69, 9.17) is 10.2 Å². The van der Waals surface area contributed by atoms with Crippen molar-refractivity contribution in [3.8, 4) is 0 Å². The van der Waals surface area contributed by atoms with Crippen LogP contribution < -0.4 is 5.73 Å². The summed E-state index contributed by atoms with van der Waals surface area (Å²) in [7, 11) is 2.16. The van der Waals surface area contributed by atoms with Crippen molar-refractivity contribution < 1.29 is 4.42 Å². The molecule has 3 heteroatoms. The van der Waals surface area contributed by atoms with Crippen LogP contribution in [0.4, 0.5) is 0 Å². The Morgan fingerprint density at radius 2 is 2.12 bits per heavy atom. The molecule has 2 N–H and O–H groups in total. The molecule has 1 aromatic rings. The second-order valence-electron chi connectivity index (χ2n) is 5.52. The van der Waals surface area contributed by atoms with Crippen molar-refractivity contribution >= 4 is 0 Å². The zero-order chi connectivity index (χ0) is 12.1. The minimum absolute atomic E-state index is 0.347. The molecule has 0 amide bonds. The van der Waals surface area contributed by atoms with Gasteiger partial charge in [0.15, 0.2) is 0 Å². The van der Waals surface area contributed by atoms with E-state index in [2.05, 4.69) is 11.9 Å². The second-order valence-corrected chi connectivity index (χ2v) is 5.52. The first-order chi connectivity index (χ1) is 8.24. The van der Waals surface area contributed by atoms with Crippen LogP contribution in [0.5, 0.6) is 0 Å². The molecular weight excluding hydrogens is 212 g/mol. The first-order valence-corrected chi connectivity index (χ1v) is 6.65. The molecule has 0 saturated heterocycles. The summed E-state index contributed by atoms with van der Waals surface area (Å²) >= 11 is 0. The fourth-order valence-corrected chi connectivity index (χ4v) is 3.03. The lowest BCUT2D eigenvalue weighted by Gasteiger charge is -2.39. The van der Waals surface area contributed by atoms with Gasteiger partial charge in [-0.15, -0.1) is 0 Å². The first kappa shape index (κ1) is 12.7. The van der Waals surface area contributed by atoms with Crippen molar-refractivity contribution in [2.75, 3.05) is 20.1 Å². The monoisotopic (exact) mass is 236 g/mol. The quantitative estimate of drug-likeness (QED) is 0.854. The predicted octanol–water partition coefficient (Wildman–Crippen LogP) is 2.62. The highest BCUT2D eigenvalue weighted by molar-refractivity contribution is 4.98. The Kier molecular flexibility index (Phi) is 4.24. The Balaban J connectivity index is 1.89. The summed E-state index contributed by atoms with van der Waals surface area (Å²) in [6.07, 6.45) is 8.36. The lowest BCUT2D eigenvalue weighted by atomic mass is 9.74. The molecule has 1 saturated carbocycles. The van der Waals surface area contributed by atoms with E-state index < -0.39 is 0 Å².